The van der Waals surface area contributed by atoms with Crippen LogP contribution < -0.4 is 0 Å². The normalized spacial score (nSPS) is 22.1. The third-order valence-electron chi connectivity index (χ3n) is 4.29. The number of amides is 1. The maximum Gasteiger partial charge on any atom is 0.246 e. The summed E-state index contributed by atoms with van der Waals surface area (Å²) in [5, 5.41) is 3.92. The number of carbonyl (C=O) groups excluding carboxylic acids is 1. The minimum absolute atomic E-state index is 0.195. The Hall–Kier alpha value is -1.41. The van der Waals surface area contributed by atoms with Crippen molar-refractivity contribution in [3.8, 4) is 0 Å². The second-order valence-electron chi connectivity index (χ2n) is 5.68. The molecule has 1 amide bonds. The molecule has 1 aromatic rings. The molecule has 3 heterocycles. The van der Waals surface area contributed by atoms with Gasteiger partial charge in [0.2, 0.25) is 15.9 Å². The van der Waals surface area contributed by atoms with Crippen molar-refractivity contribution in [2.24, 2.45) is 7.05 Å². The molecule has 2 fully saturated rings. The van der Waals surface area contributed by atoms with Crippen molar-refractivity contribution in [1.82, 2.24) is 19.0 Å². The van der Waals surface area contributed by atoms with Gasteiger partial charge in [0.15, 0.2) is 0 Å². The van der Waals surface area contributed by atoms with E-state index >= 15 is 0 Å². The smallest absolute Gasteiger partial charge is 0.246 e. The van der Waals surface area contributed by atoms with E-state index in [1.54, 1.807) is 7.05 Å². The second-order valence-corrected chi connectivity index (χ2v) is 7.61. The van der Waals surface area contributed by atoms with Crippen molar-refractivity contribution in [2.75, 3.05) is 19.6 Å². The highest BCUT2D eigenvalue weighted by atomic mass is 32.2. The monoisotopic (exact) mass is 312 g/mol. The Balaban J connectivity index is 1.67. The van der Waals surface area contributed by atoms with E-state index in [1.807, 2.05) is 4.90 Å². The molecule has 0 aliphatic carbocycles. The number of carbonyl (C=O) groups is 1. The summed E-state index contributed by atoms with van der Waals surface area (Å²) in [5.41, 5.74) is 0. The van der Waals surface area contributed by atoms with Gasteiger partial charge >= 0.3 is 0 Å². The quantitative estimate of drug-likeness (QED) is 0.799. The predicted molar refractivity (Wildman–Crippen MR) is 75.9 cm³/mol. The molecule has 0 radical (unpaired) electrons. The van der Waals surface area contributed by atoms with Crippen LogP contribution >= 0.6 is 0 Å². The van der Waals surface area contributed by atoms with Crippen LogP contribution in [0.5, 0.6) is 0 Å². The number of aryl methyl sites for hydroxylation is 1. The zero-order chi connectivity index (χ0) is 15.0. The lowest BCUT2D eigenvalue weighted by Crippen LogP contribution is -2.47. The van der Waals surface area contributed by atoms with Crippen LogP contribution in [0.15, 0.2) is 17.3 Å². The molecule has 7 nitrogen and oxygen atoms in total. The van der Waals surface area contributed by atoms with Crippen LogP contribution in [-0.4, -0.2) is 59.0 Å². The largest absolute Gasteiger partial charge is 0.340 e. The fourth-order valence-electron chi connectivity index (χ4n) is 3.13. The van der Waals surface area contributed by atoms with E-state index in [9.17, 15) is 13.2 Å². The molecule has 0 unspecified atom stereocenters. The fraction of sp³-hybridized carbons (Fsp3) is 0.692. The lowest BCUT2D eigenvalue weighted by Gasteiger charge is -2.35. The van der Waals surface area contributed by atoms with Crippen LogP contribution in [0.1, 0.15) is 25.7 Å². The maximum absolute atomic E-state index is 12.5. The van der Waals surface area contributed by atoms with Gasteiger partial charge in [-0.2, -0.15) is 9.40 Å². The third kappa shape index (κ3) is 2.69. The van der Waals surface area contributed by atoms with Crippen LogP contribution in [0.4, 0.5) is 0 Å². The van der Waals surface area contributed by atoms with Gasteiger partial charge in [0.25, 0.3) is 0 Å². The topological polar surface area (TPSA) is 75.5 Å². The standard InChI is InChI=1S/C13H20N4O3S/c1-15-10-12(9-14-15)21(19,20)16-7-4-11(5-8-16)17-6-2-3-13(17)18/h9-11H,2-8H2,1H3. The molecule has 0 aromatic carbocycles. The molecule has 2 aliphatic heterocycles. The SMILES string of the molecule is Cn1cc(S(=O)(=O)N2CCC(N3CCCC3=O)CC2)cn1. The molecule has 0 N–H and O–H groups in total. The molecule has 116 valence electrons. The molecular weight excluding hydrogens is 292 g/mol. The van der Waals surface area contributed by atoms with Crippen LogP contribution in [-0.2, 0) is 21.9 Å². The molecule has 2 saturated heterocycles. The van der Waals surface area contributed by atoms with E-state index in [4.69, 9.17) is 0 Å². The summed E-state index contributed by atoms with van der Waals surface area (Å²) in [6, 6.07) is 0.195. The first kappa shape index (κ1) is 14.5. The van der Waals surface area contributed by atoms with E-state index in [1.165, 1.54) is 21.4 Å². The van der Waals surface area contributed by atoms with Gasteiger partial charge in [0.1, 0.15) is 4.90 Å². The Morgan fingerprint density at radius 1 is 1.24 bits per heavy atom. The fourth-order valence-corrected chi connectivity index (χ4v) is 4.59. The number of piperidine rings is 1. The third-order valence-corrected chi connectivity index (χ3v) is 6.14. The number of aromatic nitrogens is 2. The number of nitrogens with zero attached hydrogens (tertiary/aromatic N) is 4. The lowest BCUT2D eigenvalue weighted by atomic mass is 10.1. The van der Waals surface area contributed by atoms with Gasteiger partial charge in [-0.3, -0.25) is 9.48 Å². The first-order valence-corrected chi connectivity index (χ1v) is 8.71. The van der Waals surface area contributed by atoms with Gasteiger partial charge in [-0.05, 0) is 19.3 Å². The minimum atomic E-state index is -3.46. The van der Waals surface area contributed by atoms with Gasteiger partial charge in [0, 0.05) is 45.3 Å². The number of sulfonamides is 1. The minimum Gasteiger partial charge on any atom is -0.340 e. The van der Waals surface area contributed by atoms with Crippen LogP contribution in [0, 0.1) is 0 Å². The number of hydrogen-bond donors (Lipinski definition) is 0. The van der Waals surface area contributed by atoms with Gasteiger partial charge in [-0.15, -0.1) is 0 Å². The van der Waals surface area contributed by atoms with Crippen molar-refractivity contribution in [3.63, 3.8) is 0 Å². The Morgan fingerprint density at radius 2 is 1.95 bits per heavy atom. The van der Waals surface area contributed by atoms with Crippen LogP contribution in [0.3, 0.4) is 0 Å². The summed E-state index contributed by atoms with van der Waals surface area (Å²) in [6.45, 7) is 1.75. The Kier molecular flexibility index (Phi) is 3.75. The molecular formula is C13H20N4O3S. The average Bonchev–Trinajstić information content (AvgIpc) is 3.08. The van der Waals surface area contributed by atoms with E-state index in [2.05, 4.69) is 5.10 Å². The van der Waals surface area contributed by atoms with Crippen LogP contribution in [0.2, 0.25) is 0 Å². The summed E-state index contributed by atoms with van der Waals surface area (Å²) in [7, 11) is -1.76. The van der Waals surface area contributed by atoms with Crippen molar-refractivity contribution >= 4 is 15.9 Å². The van der Waals surface area contributed by atoms with Gasteiger partial charge in [-0.25, -0.2) is 8.42 Å². The molecule has 0 saturated carbocycles. The summed E-state index contributed by atoms with van der Waals surface area (Å²) in [5.74, 6) is 0.212. The first-order valence-electron chi connectivity index (χ1n) is 7.27. The van der Waals surface area contributed by atoms with Gasteiger partial charge in [0.05, 0.1) is 6.20 Å². The first-order chi connectivity index (χ1) is 9.98. The molecule has 0 atom stereocenters. The van der Waals surface area contributed by atoms with Crippen LogP contribution in [0.25, 0.3) is 0 Å². The van der Waals surface area contributed by atoms with Crippen molar-refractivity contribution in [1.29, 1.82) is 0 Å². The zero-order valence-electron chi connectivity index (χ0n) is 12.1. The molecule has 2 aliphatic rings. The van der Waals surface area contributed by atoms with E-state index in [0.717, 1.165) is 13.0 Å². The Bertz CT molecular complexity index is 632. The van der Waals surface area contributed by atoms with Crippen molar-refractivity contribution < 1.29 is 13.2 Å². The molecule has 0 bridgehead atoms. The number of likely N-dealkylation sites (tertiary alicyclic amines) is 1. The number of rotatable bonds is 3. The average molecular weight is 312 g/mol. The number of hydrogen-bond acceptors (Lipinski definition) is 4. The Morgan fingerprint density at radius 3 is 2.48 bits per heavy atom. The highest BCUT2D eigenvalue weighted by Crippen LogP contribution is 2.25. The van der Waals surface area contributed by atoms with Gasteiger partial charge in [-0.1, -0.05) is 0 Å². The van der Waals surface area contributed by atoms with E-state index in [0.29, 0.717) is 32.4 Å². The zero-order valence-corrected chi connectivity index (χ0v) is 12.9. The van der Waals surface area contributed by atoms with Crippen molar-refractivity contribution in [3.05, 3.63) is 12.4 Å². The highest BCUT2D eigenvalue weighted by molar-refractivity contribution is 7.89. The lowest BCUT2D eigenvalue weighted by molar-refractivity contribution is -0.130. The maximum atomic E-state index is 12.5. The molecule has 8 heteroatoms. The molecule has 3 rings (SSSR count). The van der Waals surface area contributed by atoms with Crippen molar-refractivity contribution in [2.45, 2.75) is 36.6 Å². The molecule has 21 heavy (non-hydrogen) atoms. The van der Waals surface area contributed by atoms with E-state index in [-0.39, 0.29) is 16.8 Å². The predicted octanol–water partition coefficient (Wildman–Crippen LogP) is 0.196. The Labute approximate surface area is 124 Å². The highest BCUT2D eigenvalue weighted by Gasteiger charge is 2.35. The molecule has 1 aromatic heterocycles. The summed E-state index contributed by atoms with van der Waals surface area (Å²) in [6.07, 6.45) is 5.88. The molecule has 0 spiro atoms. The summed E-state index contributed by atoms with van der Waals surface area (Å²) >= 11 is 0. The summed E-state index contributed by atoms with van der Waals surface area (Å²) in [4.78, 5) is 13.9. The second kappa shape index (κ2) is 5.42. The van der Waals surface area contributed by atoms with E-state index < -0.39 is 10.0 Å². The summed E-state index contributed by atoms with van der Waals surface area (Å²) < 4.78 is 28.0. The van der Waals surface area contributed by atoms with Gasteiger partial charge < -0.3 is 4.90 Å².